The van der Waals surface area contributed by atoms with Gasteiger partial charge in [-0.05, 0) is 6.07 Å². The van der Waals surface area contributed by atoms with Gasteiger partial charge in [-0.15, -0.1) is 0 Å². The molecule has 0 bridgehead atoms. The molecule has 0 saturated heterocycles. The summed E-state index contributed by atoms with van der Waals surface area (Å²) < 4.78 is 0. The highest BCUT2D eigenvalue weighted by molar-refractivity contribution is 5.47. The Morgan fingerprint density at radius 1 is 1.42 bits per heavy atom. The Morgan fingerprint density at radius 3 is 2.42 bits per heavy atom. The quantitative estimate of drug-likeness (QED) is 0.488. The zero-order valence-electron chi connectivity index (χ0n) is 6.87. The Hall–Kier alpha value is -1.58. The maximum atomic E-state index is 10.2. The van der Waals surface area contributed by atoms with Crippen molar-refractivity contribution in [2.45, 2.75) is 0 Å². The summed E-state index contributed by atoms with van der Waals surface area (Å²) in [6.45, 7) is 0. The van der Waals surface area contributed by atoms with Gasteiger partial charge >= 0.3 is 0 Å². The summed E-state index contributed by atoms with van der Waals surface area (Å²) in [7, 11) is 3.68. The van der Waals surface area contributed by atoms with Crippen molar-refractivity contribution in [3.8, 4) is 0 Å². The summed E-state index contributed by atoms with van der Waals surface area (Å²) in [6, 6.07) is 8.17. The number of nitrogens with zero attached hydrogens (tertiary/aromatic N) is 2. The third-order valence-corrected chi connectivity index (χ3v) is 1.39. The highest BCUT2D eigenvalue weighted by Crippen LogP contribution is 2.15. The van der Waals surface area contributed by atoms with Crippen LogP contribution < -0.4 is 4.90 Å². The van der Waals surface area contributed by atoms with Gasteiger partial charge in [0, 0.05) is 31.9 Å². The van der Waals surface area contributed by atoms with E-state index in [0.717, 1.165) is 5.69 Å². The van der Waals surface area contributed by atoms with E-state index in [2.05, 4.69) is 12.1 Å². The normalized spacial score (nSPS) is 9.50. The second kappa shape index (κ2) is 3.21. The van der Waals surface area contributed by atoms with Crippen LogP contribution in [0.4, 0.5) is 11.4 Å². The summed E-state index contributed by atoms with van der Waals surface area (Å²) in [5, 5.41) is 10.2. The standard InChI is InChI=1S/C8H8N2O2/c1-9(2)7-3-5-8(6-4-7)10(11)12/h3,6H,1-2H3. The lowest BCUT2D eigenvalue weighted by Crippen LogP contribution is -2.08. The van der Waals surface area contributed by atoms with Crippen molar-refractivity contribution in [3.05, 3.63) is 34.4 Å². The molecule has 2 radical (unpaired) electrons. The van der Waals surface area contributed by atoms with Crippen molar-refractivity contribution in [1.29, 1.82) is 0 Å². The number of benzene rings is 1. The molecule has 0 spiro atoms. The Balaban J connectivity index is 2.93. The van der Waals surface area contributed by atoms with Crippen molar-refractivity contribution in [3.63, 3.8) is 0 Å². The van der Waals surface area contributed by atoms with Crippen LogP contribution in [0.3, 0.4) is 0 Å². The van der Waals surface area contributed by atoms with Gasteiger partial charge in [0.05, 0.1) is 11.0 Å². The first-order valence-corrected chi connectivity index (χ1v) is 3.36. The van der Waals surface area contributed by atoms with Gasteiger partial charge in [0.25, 0.3) is 5.69 Å². The first-order chi connectivity index (χ1) is 5.61. The minimum Gasteiger partial charge on any atom is -0.377 e. The molecule has 0 aliphatic carbocycles. The van der Waals surface area contributed by atoms with E-state index in [1.165, 1.54) is 12.1 Å². The number of anilines is 1. The van der Waals surface area contributed by atoms with E-state index in [-0.39, 0.29) is 5.69 Å². The van der Waals surface area contributed by atoms with Gasteiger partial charge in [0.15, 0.2) is 0 Å². The molecule has 1 aromatic rings. The van der Waals surface area contributed by atoms with E-state index in [1.54, 1.807) is 4.90 Å². The van der Waals surface area contributed by atoms with E-state index < -0.39 is 4.92 Å². The van der Waals surface area contributed by atoms with E-state index in [4.69, 9.17) is 0 Å². The van der Waals surface area contributed by atoms with Crippen LogP contribution in [-0.4, -0.2) is 19.0 Å². The second-order valence-corrected chi connectivity index (χ2v) is 2.50. The fourth-order valence-corrected chi connectivity index (χ4v) is 0.732. The van der Waals surface area contributed by atoms with Crippen molar-refractivity contribution in [2.75, 3.05) is 19.0 Å². The van der Waals surface area contributed by atoms with Crippen LogP contribution in [0.15, 0.2) is 12.1 Å². The van der Waals surface area contributed by atoms with Crippen LogP contribution in [-0.2, 0) is 0 Å². The number of hydrogen-bond acceptors (Lipinski definition) is 3. The average Bonchev–Trinajstić information content (AvgIpc) is 2.04. The van der Waals surface area contributed by atoms with Crippen LogP contribution in [0.25, 0.3) is 0 Å². The van der Waals surface area contributed by atoms with E-state index in [0.29, 0.717) is 0 Å². The molecular weight excluding hydrogens is 156 g/mol. The number of hydrogen-bond donors (Lipinski definition) is 0. The molecule has 0 N–H and O–H groups in total. The van der Waals surface area contributed by atoms with E-state index in [9.17, 15) is 10.1 Å². The fraction of sp³-hybridized carbons (Fsp3) is 0.250. The third-order valence-electron chi connectivity index (χ3n) is 1.39. The minimum absolute atomic E-state index is 0.0550. The van der Waals surface area contributed by atoms with Crippen molar-refractivity contribution in [2.24, 2.45) is 0 Å². The lowest BCUT2D eigenvalue weighted by Gasteiger charge is -2.10. The molecule has 0 unspecified atom stereocenters. The summed E-state index contributed by atoms with van der Waals surface area (Å²) in [5.41, 5.74) is 0.723. The highest BCUT2D eigenvalue weighted by Gasteiger charge is 2.04. The van der Waals surface area contributed by atoms with Gasteiger partial charge in [0.1, 0.15) is 0 Å². The zero-order chi connectivity index (χ0) is 9.14. The SMILES string of the molecule is CN(C)c1[c]cc([N+](=O)[O-])[c]c1. The molecule has 0 amide bonds. The molecular formula is C8H8N2O2. The maximum Gasteiger partial charge on any atom is 0.278 e. The molecule has 0 fully saturated rings. The lowest BCUT2D eigenvalue weighted by molar-refractivity contribution is -0.385. The number of nitro groups is 1. The molecule has 0 aliphatic heterocycles. The number of non-ortho nitro benzene ring substituents is 1. The van der Waals surface area contributed by atoms with Gasteiger partial charge in [0.2, 0.25) is 0 Å². The van der Waals surface area contributed by atoms with Gasteiger partial charge in [-0.1, -0.05) is 0 Å². The Kier molecular flexibility index (Phi) is 2.28. The van der Waals surface area contributed by atoms with Crippen LogP contribution in [0.2, 0.25) is 0 Å². The molecule has 0 atom stereocenters. The number of nitro benzene ring substituents is 1. The van der Waals surface area contributed by atoms with Crippen LogP contribution >= 0.6 is 0 Å². The van der Waals surface area contributed by atoms with Crippen molar-refractivity contribution < 1.29 is 4.92 Å². The summed E-state index contributed by atoms with van der Waals surface area (Å²) in [5.74, 6) is 0. The first kappa shape index (κ1) is 8.52. The van der Waals surface area contributed by atoms with Crippen molar-refractivity contribution in [1.82, 2.24) is 0 Å². The molecule has 1 rings (SSSR count). The minimum atomic E-state index is -0.490. The van der Waals surface area contributed by atoms with E-state index in [1.807, 2.05) is 14.1 Å². The predicted octanol–water partition coefficient (Wildman–Crippen LogP) is 1.26. The third kappa shape index (κ3) is 1.72. The van der Waals surface area contributed by atoms with Gasteiger partial charge in [-0.2, -0.15) is 0 Å². The molecule has 0 heterocycles. The zero-order valence-corrected chi connectivity index (χ0v) is 6.87. The van der Waals surface area contributed by atoms with Crippen LogP contribution in [0, 0.1) is 22.2 Å². The predicted molar refractivity (Wildman–Crippen MR) is 45.1 cm³/mol. The molecule has 0 saturated carbocycles. The van der Waals surface area contributed by atoms with Gasteiger partial charge in [-0.3, -0.25) is 10.1 Å². The molecule has 0 aliphatic rings. The van der Waals surface area contributed by atoms with Crippen molar-refractivity contribution >= 4 is 11.4 Å². The molecule has 4 heteroatoms. The largest absolute Gasteiger partial charge is 0.377 e. The Labute approximate surface area is 70.6 Å². The second-order valence-electron chi connectivity index (χ2n) is 2.50. The Morgan fingerprint density at radius 2 is 2.08 bits per heavy atom. The highest BCUT2D eigenvalue weighted by atomic mass is 16.6. The first-order valence-electron chi connectivity index (χ1n) is 3.36. The topological polar surface area (TPSA) is 46.4 Å². The average molecular weight is 164 g/mol. The van der Waals surface area contributed by atoms with Crippen LogP contribution in [0.1, 0.15) is 0 Å². The molecule has 12 heavy (non-hydrogen) atoms. The number of rotatable bonds is 2. The lowest BCUT2D eigenvalue weighted by atomic mass is 10.3. The fourth-order valence-electron chi connectivity index (χ4n) is 0.732. The summed E-state index contributed by atoms with van der Waals surface area (Å²) in [6.07, 6.45) is 0. The smallest absolute Gasteiger partial charge is 0.278 e. The van der Waals surface area contributed by atoms with E-state index >= 15 is 0 Å². The molecule has 62 valence electrons. The molecule has 0 aromatic heterocycles. The van der Waals surface area contributed by atoms with Gasteiger partial charge in [-0.25, -0.2) is 0 Å². The maximum absolute atomic E-state index is 10.2. The van der Waals surface area contributed by atoms with Crippen LogP contribution in [0.5, 0.6) is 0 Å². The summed E-state index contributed by atoms with van der Waals surface area (Å²) in [4.78, 5) is 11.5. The molecule has 4 nitrogen and oxygen atoms in total. The summed E-state index contributed by atoms with van der Waals surface area (Å²) >= 11 is 0. The monoisotopic (exact) mass is 164 g/mol. The molecule has 1 aromatic carbocycles. The van der Waals surface area contributed by atoms with Gasteiger partial charge < -0.3 is 4.90 Å². The Bertz CT molecular complexity index is 280.